The Labute approximate surface area is 145 Å². The number of rotatable bonds is 7. The summed E-state index contributed by atoms with van der Waals surface area (Å²) in [7, 11) is 0. The predicted molar refractivity (Wildman–Crippen MR) is 94.2 cm³/mol. The van der Waals surface area contributed by atoms with E-state index in [4.69, 9.17) is 9.47 Å². The molecule has 0 saturated carbocycles. The SMILES string of the molecule is CCOc1ccc(/C=C/C(=O)O[C@H](C)c2cccc([N+](=O)[O-])c2)cc1. The number of hydrogen-bond donors (Lipinski definition) is 0. The highest BCUT2D eigenvalue weighted by atomic mass is 16.6. The highest BCUT2D eigenvalue weighted by Gasteiger charge is 2.13. The number of nitro groups is 1. The number of ether oxygens (including phenoxy) is 2. The van der Waals surface area contributed by atoms with E-state index in [-0.39, 0.29) is 5.69 Å². The molecule has 0 fully saturated rings. The van der Waals surface area contributed by atoms with Gasteiger partial charge in [-0.2, -0.15) is 0 Å². The fraction of sp³-hybridized carbons (Fsp3) is 0.211. The molecule has 0 unspecified atom stereocenters. The van der Waals surface area contributed by atoms with Crippen molar-refractivity contribution in [3.05, 3.63) is 75.8 Å². The fourth-order valence-electron chi connectivity index (χ4n) is 2.18. The standard InChI is InChI=1S/C19H19NO5/c1-3-24-18-10-7-15(8-11-18)9-12-19(21)25-14(2)16-5-4-6-17(13-16)20(22)23/h4-14H,3H2,1-2H3/b12-9+/t14-/m1/s1. The molecule has 0 aliphatic carbocycles. The lowest BCUT2D eigenvalue weighted by Crippen LogP contribution is -2.06. The monoisotopic (exact) mass is 341 g/mol. The van der Waals surface area contributed by atoms with Gasteiger partial charge in [0.25, 0.3) is 5.69 Å². The van der Waals surface area contributed by atoms with Gasteiger partial charge in [0.15, 0.2) is 0 Å². The molecule has 6 heteroatoms. The molecular weight excluding hydrogens is 322 g/mol. The van der Waals surface area contributed by atoms with Crippen LogP contribution in [0.4, 0.5) is 5.69 Å². The van der Waals surface area contributed by atoms with Crippen molar-refractivity contribution in [2.24, 2.45) is 0 Å². The molecule has 0 amide bonds. The zero-order valence-corrected chi connectivity index (χ0v) is 14.0. The molecule has 0 heterocycles. The van der Waals surface area contributed by atoms with Gasteiger partial charge in [0.05, 0.1) is 11.5 Å². The van der Waals surface area contributed by atoms with Crippen LogP contribution in [0.25, 0.3) is 6.08 Å². The van der Waals surface area contributed by atoms with Crippen molar-refractivity contribution in [1.29, 1.82) is 0 Å². The number of nitro benzene ring substituents is 1. The van der Waals surface area contributed by atoms with Crippen molar-refractivity contribution in [3.63, 3.8) is 0 Å². The van der Waals surface area contributed by atoms with Gasteiger partial charge in [-0.3, -0.25) is 10.1 Å². The van der Waals surface area contributed by atoms with Gasteiger partial charge in [-0.1, -0.05) is 24.3 Å². The van der Waals surface area contributed by atoms with Crippen LogP contribution in [0.3, 0.4) is 0 Å². The van der Waals surface area contributed by atoms with Crippen molar-refractivity contribution in [2.75, 3.05) is 6.61 Å². The number of non-ortho nitro benzene ring substituents is 1. The summed E-state index contributed by atoms with van der Waals surface area (Å²) in [4.78, 5) is 22.2. The van der Waals surface area contributed by atoms with Gasteiger partial charge in [0.1, 0.15) is 11.9 Å². The minimum Gasteiger partial charge on any atom is -0.494 e. The van der Waals surface area contributed by atoms with Crippen LogP contribution in [0, 0.1) is 10.1 Å². The fourth-order valence-corrected chi connectivity index (χ4v) is 2.18. The molecule has 0 aromatic heterocycles. The Morgan fingerprint density at radius 3 is 2.60 bits per heavy atom. The molecule has 130 valence electrons. The van der Waals surface area contributed by atoms with E-state index in [1.54, 1.807) is 25.1 Å². The maximum atomic E-state index is 11.9. The zero-order valence-electron chi connectivity index (χ0n) is 14.0. The average Bonchev–Trinajstić information content (AvgIpc) is 2.61. The van der Waals surface area contributed by atoms with Crippen LogP contribution in [-0.4, -0.2) is 17.5 Å². The van der Waals surface area contributed by atoms with Gasteiger partial charge in [-0.05, 0) is 43.2 Å². The Morgan fingerprint density at radius 2 is 1.96 bits per heavy atom. The maximum absolute atomic E-state index is 11.9. The Hall–Kier alpha value is -3.15. The zero-order chi connectivity index (χ0) is 18.2. The lowest BCUT2D eigenvalue weighted by molar-refractivity contribution is -0.385. The second kappa shape index (κ2) is 8.63. The van der Waals surface area contributed by atoms with E-state index in [9.17, 15) is 14.9 Å². The quantitative estimate of drug-likeness (QED) is 0.324. The Kier molecular flexibility index (Phi) is 6.28. The molecule has 0 bridgehead atoms. The van der Waals surface area contributed by atoms with Gasteiger partial charge < -0.3 is 9.47 Å². The summed E-state index contributed by atoms with van der Waals surface area (Å²) in [5, 5.41) is 10.8. The minimum atomic E-state index is -0.586. The topological polar surface area (TPSA) is 78.7 Å². The summed E-state index contributed by atoms with van der Waals surface area (Å²) in [6, 6.07) is 13.3. The summed E-state index contributed by atoms with van der Waals surface area (Å²) in [6.45, 7) is 4.17. The van der Waals surface area contributed by atoms with Crippen LogP contribution in [0.1, 0.15) is 31.1 Å². The Bertz CT molecular complexity index is 768. The smallest absolute Gasteiger partial charge is 0.331 e. The third-order valence-corrected chi connectivity index (χ3v) is 3.45. The van der Waals surface area contributed by atoms with E-state index in [0.717, 1.165) is 11.3 Å². The Balaban J connectivity index is 1.96. The first-order chi connectivity index (χ1) is 12.0. The number of esters is 1. The lowest BCUT2D eigenvalue weighted by Gasteiger charge is -2.11. The summed E-state index contributed by atoms with van der Waals surface area (Å²) < 4.78 is 10.6. The molecule has 2 rings (SSSR count). The van der Waals surface area contributed by atoms with Crippen LogP contribution in [0.5, 0.6) is 5.75 Å². The number of nitrogens with zero attached hydrogens (tertiary/aromatic N) is 1. The molecule has 0 aliphatic rings. The van der Waals surface area contributed by atoms with Crippen molar-refractivity contribution in [3.8, 4) is 5.75 Å². The average molecular weight is 341 g/mol. The molecule has 0 radical (unpaired) electrons. The molecule has 2 aromatic rings. The van der Waals surface area contributed by atoms with Gasteiger partial charge in [-0.25, -0.2) is 4.79 Å². The highest BCUT2D eigenvalue weighted by Crippen LogP contribution is 2.22. The van der Waals surface area contributed by atoms with Crippen LogP contribution in [0.2, 0.25) is 0 Å². The molecule has 0 N–H and O–H groups in total. The summed E-state index contributed by atoms with van der Waals surface area (Å²) in [6.07, 6.45) is 2.37. The van der Waals surface area contributed by atoms with Gasteiger partial charge in [0, 0.05) is 18.2 Å². The number of benzene rings is 2. The van der Waals surface area contributed by atoms with Crippen molar-refractivity contribution in [2.45, 2.75) is 20.0 Å². The van der Waals surface area contributed by atoms with Crippen molar-refractivity contribution < 1.29 is 19.2 Å². The van der Waals surface area contributed by atoms with E-state index in [1.165, 1.54) is 18.2 Å². The Morgan fingerprint density at radius 1 is 1.24 bits per heavy atom. The van der Waals surface area contributed by atoms with E-state index in [0.29, 0.717) is 12.2 Å². The molecule has 6 nitrogen and oxygen atoms in total. The third-order valence-electron chi connectivity index (χ3n) is 3.45. The lowest BCUT2D eigenvalue weighted by atomic mass is 10.1. The predicted octanol–water partition coefficient (Wildman–Crippen LogP) is 4.31. The third kappa shape index (κ3) is 5.46. The second-order valence-corrected chi connectivity index (χ2v) is 5.27. The molecular formula is C19H19NO5. The number of carbonyl (C=O) groups excluding carboxylic acids is 1. The first kappa shape index (κ1) is 18.2. The normalized spacial score (nSPS) is 11.9. The summed E-state index contributed by atoms with van der Waals surface area (Å²) in [5.41, 5.74) is 1.37. The van der Waals surface area contributed by atoms with Crippen LogP contribution < -0.4 is 4.74 Å². The van der Waals surface area contributed by atoms with Crippen LogP contribution in [-0.2, 0) is 9.53 Å². The molecule has 1 atom stereocenters. The number of carbonyl (C=O) groups is 1. The van der Waals surface area contributed by atoms with E-state index < -0.39 is 17.0 Å². The van der Waals surface area contributed by atoms with Crippen LogP contribution >= 0.6 is 0 Å². The van der Waals surface area contributed by atoms with Crippen molar-refractivity contribution >= 4 is 17.7 Å². The minimum absolute atomic E-state index is 0.0367. The van der Waals surface area contributed by atoms with Gasteiger partial charge in [0.2, 0.25) is 0 Å². The summed E-state index contributed by atoms with van der Waals surface area (Å²) >= 11 is 0. The largest absolute Gasteiger partial charge is 0.494 e. The maximum Gasteiger partial charge on any atom is 0.331 e. The van der Waals surface area contributed by atoms with Crippen molar-refractivity contribution in [1.82, 2.24) is 0 Å². The first-order valence-electron chi connectivity index (χ1n) is 7.85. The van der Waals surface area contributed by atoms with Gasteiger partial charge >= 0.3 is 5.97 Å². The molecule has 25 heavy (non-hydrogen) atoms. The first-order valence-corrected chi connectivity index (χ1v) is 7.85. The van der Waals surface area contributed by atoms with E-state index >= 15 is 0 Å². The molecule has 2 aromatic carbocycles. The highest BCUT2D eigenvalue weighted by molar-refractivity contribution is 5.87. The van der Waals surface area contributed by atoms with E-state index in [2.05, 4.69) is 0 Å². The molecule has 0 aliphatic heterocycles. The summed E-state index contributed by atoms with van der Waals surface area (Å²) in [5.74, 6) is 0.245. The van der Waals surface area contributed by atoms with Crippen LogP contribution in [0.15, 0.2) is 54.6 Å². The number of hydrogen-bond acceptors (Lipinski definition) is 5. The molecule has 0 saturated heterocycles. The molecule has 0 spiro atoms. The van der Waals surface area contributed by atoms with Gasteiger partial charge in [-0.15, -0.1) is 0 Å². The second-order valence-electron chi connectivity index (χ2n) is 5.27. The van der Waals surface area contributed by atoms with E-state index in [1.807, 2.05) is 31.2 Å².